The van der Waals surface area contributed by atoms with Crippen molar-refractivity contribution >= 4 is 40.2 Å². The highest BCUT2D eigenvalue weighted by molar-refractivity contribution is 8.00. The minimum Gasteiger partial charge on any atom is -0.355 e. The van der Waals surface area contributed by atoms with Crippen LogP contribution in [0.1, 0.15) is 20.3 Å². The fraction of sp³-hybridized carbons (Fsp3) is 0.250. The number of nitrogens with zero attached hydrogens (tertiary/aromatic N) is 2. The summed E-state index contributed by atoms with van der Waals surface area (Å²) in [4.78, 5) is 30.1. The van der Waals surface area contributed by atoms with Gasteiger partial charge in [-0.15, -0.1) is 0 Å². The first-order valence-electron chi connectivity index (χ1n) is 8.73. The first-order valence-corrected chi connectivity index (χ1v) is 9.99. The highest BCUT2D eigenvalue weighted by atomic mass is 35.5. The number of fused-ring (bicyclic) bond motifs is 1. The molecule has 0 bridgehead atoms. The van der Waals surface area contributed by atoms with Gasteiger partial charge in [0.15, 0.2) is 5.16 Å². The highest BCUT2D eigenvalue weighted by Crippen LogP contribution is 2.26. The van der Waals surface area contributed by atoms with Gasteiger partial charge < -0.3 is 5.32 Å². The number of aromatic nitrogens is 2. The predicted octanol–water partition coefficient (Wildman–Crippen LogP) is 4.05. The molecule has 27 heavy (non-hydrogen) atoms. The normalized spacial score (nSPS) is 12.1. The summed E-state index contributed by atoms with van der Waals surface area (Å²) in [5.74, 6) is -0.0816. The zero-order valence-corrected chi connectivity index (χ0v) is 16.7. The molecule has 1 atom stereocenters. The fourth-order valence-electron chi connectivity index (χ4n) is 2.64. The lowest BCUT2D eigenvalue weighted by molar-refractivity contribution is -0.120. The van der Waals surface area contributed by atoms with Crippen molar-refractivity contribution in [3.05, 3.63) is 63.9 Å². The average molecular weight is 402 g/mol. The molecule has 0 unspecified atom stereocenters. The number of thioether (sulfide) groups is 1. The standard InChI is InChI=1S/C20H20ClN3O2S/c1-3-11-22-18(25)13(2)27-20-23-17-10-5-4-9-16(17)19(26)24(20)15-8-6-7-14(21)12-15/h4-10,12-13H,3,11H2,1-2H3,(H,22,25)/t13-/m0/s1. The Hall–Kier alpha value is -2.31. The van der Waals surface area contributed by atoms with Gasteiger partial charge in [-0.25, -0.2) is 4.98 Å². The molecule has 0 spiro atoms. The SMILES string of the molecule is CCCNC(=O)[C@H](C)Sc1nc2ccccc2c(=O)n1-c1cccc(Cl)c1. The van der Waals surface area contributed by atoms with Crippen molar-refractivity contribution < 1.29 is 4.79 Å². The van der Waals surface area contributed by atoms with Gasteiger partial charge in [0, 0.05) is 11.6 Å². The minimum absolute atomic E-state index is 0.0816. The van der Waals surface area contributed by atoms with Crippen molar-refractivity contribution in [2.75, 3.05) is 6.54 Å². The van der Waals surface area contributed by atoms with E-state index in [0.29, 0.717) is 33.3 Å². The zero-order valence-electron chi connectivity index (χ0n) is 15.1. The van der Waals surface area contributed by atoms with Crippen LogP contribution < -0.4 is 10.9 Å². The van der Waals surface area contributed by atoms with Crippen LogP contribution >= 0.6 is 23.4 Å². The lowest BCUT2D eigenvalue weighted by Crippen LogP contribution is -2.32. The van der Waals surface area contributed by atoms with Crippen molar-refractivity contribution in [2.24, 2.45) is 0 Å². The van der Waals surface area contributed by atoms with Gasteiger partial charge in [0.1, 0.15) is 0 Å². The monoisotopic (exact) mass is 401 g/mol. The average Bonchev–Trinajstić information content (AvgIpc) is 2.66. The Labute approximate surface area is 166 Å². The molecule has 0 saturated heterocycles. The van der Waals surface area contributed by atoms with Crippen LogP contribution in [0.3, 0.4) is 0 Å². The van der Waals surface area contributed by atoms with E-state index in [9.17, 15) is 9.59 Å². The first kappa shape index (κ1) is 19.5. The molecule has 0 saturated carbocycles. The van der Waals surface area contributed by atoms with Gasteiger partial charge in [0.2, 0.25) is 5.91 Å². The lowest BCUT2D eigenvalue weighted by Gasteiger charge is -2.16. The topological polar surface area (TPSA) is 64.0 Å². The van der Waals surface area contributed by atoms with Gasteiger partial charge in [-0.1, -0.05) is 48.5 Å². The summed E-state index contributed by atoms with van der Waals surface area (Å²) in [6, 6.07) is 14.2. The highest BCUT2D eigenvalue weighted by Gasteiger charge is 2.20. The number of hydrogen-bond acceptors (Lipinski definition) is 4. The van der Waals surface area contributed by atoms with Gasteiger partial charge in [-0.3, -0.25) is 14.2 Å². The Morgan fingerprint density at radius 2 is 2.04 bits per heavy atom. The minimum atomic E-state index is -0.393. The third kappa shape index (κ3) is 4.34. The van der Waals surface area contributed by atoms with E-state index < -0.39 is 5.25 Å². The molecule has 5 nitrogen and oxygen atoms in total. The third-order valence-corrected chi connectivity index (χ3v) is 5.30. The summed E-state index contributed by atoms with van der Waals surface area (Å²) in [7, 11) is 0. The van der Waals surface area contributed by atoms with E-state index in [-0.39, 0.29) is 11.5 Å². The number of carbonyl (C=O) groups is 1. The van der Waals surface area contributed by atoms with Gasteiger partial charge >= 0.3 is 0 Å². The summed E-state index contributed by atoms with van der Waals surface area (Å²) < 4.78 is 1.52. The Bertz CT molecular complexity index is 1040. The molecule has 3 aromatic rings. The van der Waals surface area contributed by atoms with E-state index in [4.69, 9.17) is 11.6 Å². The number of rotatable bonds is 6. The van der Waals surface area contributed by atoms with E-state index in [2.05, 4.69) is 10.3 Å². The third-order valence-electron chi connectivity index (χ3n) is 4.01. The number of nitrogens with one attached hydrogen (secondary N) is 1. The summed E-state index contributed by atoms with van der Waals surface area (Å²) >= 11 is 7.38. The lowest BCUT2D eigenvalue weighted by atomic mass is 10.2. The van der Waals surface area contributed by atoms with Crippen molar-refractivity contribution in [1.82, 2.24) is 14.9 Å². The molecule has 1 N–H and O–H groups in total. The van der Waals surface area contributed by atoms with E-state index in [1.165, 1.54) is 16.3 Å². The Morgan fingerprint density at radius 1 is 1.26 bits per heavy atom. The quantitative estimate of drug-likeness (QED) is 0.500. The van der Waals surface area contributed by atoms with Crippen LogP contribution in [0.5, 0.6) is 0 Å². The van der Waals surface area contributed by atoms with Crippen LogP contribution in [0.2, 0.25) is 5.02 Å². The Balaban J connectivity index is 2.11. The molecule has 140 valence electrons. The Kier molecular flexibility index (Phi) is 6.19. The molecule has 0 aliphatic heterocycles. The number of halogens is 1. The molecule has 3 rings (SSSR count). The maximum Gasteiger partial charge on any atom is 0.266 e. The zero-order chi connectivity index (χ0) is 19.4. The van der Waals surface area contributed by atoms with Gasteiger partial charge in [0.25, 0.3) is 5.56 Å². The van der Waals surface area contributed by atoms with Crippen LogP contribution in [0.4, 0.5) is 0 Å². The van der Waals surface area contributed by atoms with Crippen molar-refractivity contribution in [2.45, 2.75) is 30.7 Å². The summed E-state index contributed by atoms with van der Waals surface area (Å²) in [5.41, 5.74) is 1.03. The van der Waals surface area contributed by atoms with E-state index in [0.717, 1.165) is 6.42 Å². The molecule has 1 aromatic heterocycles. The van der Waals surface area contributed by atoms with E-state index >= 15 is 0 Å². The Morgan fingerprint density at radius 3 is 2.78 bits per heavy atom. The van der Waals surface area contributed by atoms with Gasteiger partial charge in [0.05, 0.1) is 21.8 Å². The second-order valence-corrected chi connectivity index (χ2v) is 7.83. The molecule has 0 radical (unpaired) electrons. The molecule has 0 fully saturated rings. The van der Waals surface area contributed by atoms with Crippen LogP contribution in [-0.2, 0) is 4.79 Å². The number of benzene rings is 2. The van der Waals surface area contributed by atoms with E-state index in [1.807, 2.05) is 13.0 Å². The maximum atomic E-state index is 13.2. The molecule has 1 amide bonds. The first-order chi connectivity index (χ1) is 13.0. The van der Waals surface area contributed by atoms with Crippen molar-refractivity contribution in [3.63, 3.8) is 0 Å². The number of carbonyl (C=O) groups excluding carboxylic acids is 1. The van der Waals surface area contributed by atoms with Crippen molar-refractivity contribution in [1.29, 1.82) is 0 Å². The van der Waals surface area contributed by atoms with Crippen molar-refractivity contribution in [3.8, 4) is 5.69 Å². The molecular weight excluding hydrogens is 382 g/mol. The van der Waals surface area contributed by atoms with Crippen LogP contribution in [0, 0.1) is 0 Å². The molecule has 7 heteroatoms. The number of para-hydroxylation sites is 1. The van der Waals surface area contributed by atoms with Crippen LogP contribution in [-0.4, -0.2) is 27.3 Å². The molecular formula is C20H20ClN3O2S. The molecule has 0 aliphatic carbocycles. The molecule has 1 heterocycles. The van der Waals surface area contributed by atoms with Crippen LogP contribution in [0.15, 0.2) is 58.5 Å². The second-order valence-electron chi connectivity index (χ2n) is 6.08. The predicted molar refractivity (Wildman–Crippen MR) is 111 cm³/mol. The maximum absolute atomic E-state index is 13.2. The van der Waals surface area contributed by atoms with Crippen LogP contribution in [0.25, 0.3) is 16.6 Å². The number of amides is 1. The smallest absolute Gasteiger partial charge is 0.266 e. The summed E-state index contributed by atoms with van der Waals surface area (Å²) in [5, 5.41) is 3.99. The van der Waals surface area contributed by atoms with Gasteiger partial charge in [-0.05, 0) is 43.7 Å². The molecule has 0 aliphatic rings. The summed E-state index contributed by atoms with van der Waals surface area (Å²) in [6.07, 6.45) is 0.866. The number of hydrogen-bond donors (Lipinski definition) is 1. The second kappa shape index (κ2) is 8.59. The summed E-state index contributed by atoms with van der Waals surface area (Å²) in [6.45, 7) is 4.43. The largest absolute Gasteiger partial charge is 0.355 e. The van der Waals surface area contributed by atoms with Gasteiger partial charge in [-0.2, -0.15) is 0 Å². The molecule has 2 aromatic carbocycles. The fourth-order valence-corrected chi connectivity index (χ4v) is 3.77. The van der Waals surface area contributed by atoms with E-state index in [1.54, 1.807) is 49.4 Å².